The fourth-order valence-electron chi connectivity index (χ4n) is 1.39. The van der Waals surface area contributed by atoms with Gasteiger partial charge in [-0.25, -0.2) is 0 Å². The minimum Gasteiger partial charge on any atom is -0.545 e. The molecular formula is C12H7BrNO4-. The molecule has 0 atom stereocenters. The molecule has 2 aromatic rings. The lowest BCUT2D eigenvalue weighted by atomic mass is 10.2. The number of hydrogen-bond acceptors (Lipinski definition) is 4. The standard InChI is InChI=1S/C12H8BrNO4/c13-7-3-4-9(8(6-7)12(16)17)14-11(15)10-2-1-5-18-10/h1-6H,(H,14,15)(H,16,17)/p-1. The number of carbonyl (C=O) groups excluding carboxylic acids is 2. The molecule has 1 heterocycles. The Morgan fingerprint density at radius 3 is 2.67 bits per heavy atom. The van der Waals surface area contributed by atoms with Crippen LogP contribution in [0.15, 0.2) is 45.5 Å². The van der Waals surface area contributed by atoms with E-state index in [2.05, 4.69) is 21.2 Å². The molecule has 0 unspecified atom stereocenters. The molecule has 1 amide bonds. The first kappa shape index (κ1) is 12.4. The maximum absolute atomic E-state index is 11.7. The van der Waals surface area contributed by atoms with Gasteiger partial charge in [0.1, 0.15) is 0 Å². The summed E-state index contributed by atoms with van der Waals surface area (Å²) in [6, 6.07) is 7.48. The van der Waals surface area contributed by atoms with Crippen molar-refractivity contribution in [1.29, 1.82) is 0 Å². The van der Waals surface area contributed by atoms with Gasteiger partial charge in [0.2, 0.25) is 0 Å². The fraction of sp³-hybridized carbons (Fsp3) is 0. The van der Waals surface area contributed by atoms with Crippen LogP contribution in [-0.2, 0) is 0 Å². The van der Waals surface area contributed by atoms with Crippen molar-refractivity contribution >= 4 is 33.5 Å². The fourth-order valence-corrected chi connectivity index (χ4v) is 1.75. The van der Waals surface area contributed by atoms with Crippen LogP contribution in [0.5, 0.6) is 0 Å². The number of furan rings is 1. The molecule has 0 aliphatic rings. The first-order chi connectivity index (χ1) is 8.58. The highest BCUT2D eigenvalue weighted by atomic mass is 79.9. The molecule has 92 valence electrons. The van der Waals surface area contributed by atoms with Crippen molar-refractivity contribution in [3.05, 3.63) is 52.4 Å². The Labute approximate surface area is 111 Å². The van der Waals surface area contributed by atoms with Crippen molar-refractivity contribution in [3.63, 3.8) is 0 Å². The predicted octanol–water partition coefficient (Wildman–Crippen LogP) is 1.66. The average Bonchev–Trinajstić information content (AvgIpc) is 2.84. The predicted molar refractivity (Wildman–Crippen MR) is 65.1 cm³/mol. The van der Waals surface area contributed by atoms with E-state index in [9.17, 15) is 14.7 Å². The largest absolute Gasteiger partial charge is 0.545 e. The molecule has 18 heavy (non-hydrogen) atoms. The summed E-state index contributed by atoms with van der Waals surface area (Å²) in [5.74, 6) is -1.79. The molecule has 1 aromatic heterocycles. The number of amides is 1. The Kier molecular flexibility index (Phi) is 3.47. The second-order valence-corrected chi connectivity index (χ2v) is 4.32. The Morgan fingerprint density at radius 1 is 1.28 bits per heavy atom. The number of hydrogen-bond donors (Lipinski definition) is 1. The minimum absolute atomic E-state index is 0.0993. The first-order valence-electron chi connectivity index (χ1n) is 4.93. The normalized spacial score (nSPS) is 10.1. The summed E-state index contributed by atoms with van der Waals surface area (Å²) in [6.45, 7) is 0. The van der Waals surface area contributed by atoms with Crippen molar-refractivity contribution in [2.45, 2.75) is 0 Å². The van der Waals surface area contributed by atoms with E-state index in [0.29, 0.717) is 4.47 Å². The third kappa shape index (κ3) is 2.60. The van der Waals surface area contributed by atoms with Crippen molar-refractivity contribution < 1.29 is 19.1 Å². The van der Waals surface area contributed by atoms with E-state index in [1.54, 1.807) is 12.1 Å². The molecule has 0 bridgehead atoms. The van der Waals surface area contributed by atoms with E-state index in [4.69, 9.17) is 4.42 Å². The second-order valence-electron chi connectivity index (χ2n) is 3.41. The summed E-state index contributed by atoms with van der Waals surface area (Å²) in [5.41, 5.74) is 0.0453. The zero-order chi connectivity index (χ0) is 13.1. The number of carboxylic acid groups (broad SMARTS) is 1. The topological polar surface area (TPSA) is 82.4 Å². The van der Waals surface area contributed by atoms with Gasteiger partial charge in [0.05, 0.1) is 17.9 Å². The van der Waals surface area contributed by atoms with Crippen LogP contribution in [0.1, 0.15) is 20.9 Å². The molecular weight excluding hydrogens is 302 g/mol. The van der Waals surface area contributed by atoms with Gasteiger partial charge in [-0.15, -0.1) is 0 Å². The second kappa shape index (κ2) is 5.05. The van der Waals surface area contributed by atoms with E-state index in [0.717, 1.165) is 0 Å². The smallest absolute Gasteiger partial charge is 0.291 e. The summed E-state index contributed by atoms with van der Waals surface area (Å²) >= 11 is 3.15. The van der Waals surface area contributed by atoms with Crippen LogP contribution in [0, 0.1) is 0 Å². The zero-order valence-electron chi connectivity index (χ0n) is 8.98. The molecule has 6 heteroatoms. The van der Waals surface area contributed by atoms with Crippen LogP contribution in [0.3, 0.4) is 0 Å². The molecule has 0 saturated heterocycles. The summed E-state index contributed by atoms with van der Waals surface area (Å²) < 4.78 is 5.49. The van der Waals surface area contributed by atoms with Gasteiger partial charge in [0.15, 0.2) is 5.76 Å². The van der Waals surface area contributed by atoms with E-state index in [1.807, 2.05) is 0 Å². The molecule has 0 fully saturated rings. The van der Waals surface area contributed by atoms with Gasteiger partial charge in [-0.05, 0) is 30.3 Å². The summed E-state index contributed by atoms with van der Waals surface area (Å²) in [7, 11) is 0. The van der Waals surface area contributed by atoms with Gasteiger partial charge in [0.25, 0.3) is 5.91 Å². The molecule has 5 nitrogen and oxygen atoms in total. The summed E-state index contributed by atoms with van der Waals surface area (Å²) in [6.07, 6.45) is 1.36. The van der Waals surface area contributed by atoms with Crippen LogP contribution in [-0.4, -0.2) is 11.9 Å². The highest BCUT2D eigenvalue weighted by molar-refractivity contribution is 9.10. The third-order valence-electron chi connectivity index (χ3n) is 2.19. The Bertz CT molecular complexity index is 592. The van der Waals surface area contributed by atoms with Crippen molar-refractivity contribution in [3.8, 4) is 0 Å². The molecule has 1 aromatic carbocycles. The Morgan fingerprint density at radius 2 is 2.06 bits per heavy atom. The van der Waals surface area contributed by atoms with Crippen LogP contribution < -0.4 is 10.4 Å². The van der Waals surface area contributed by atoms with Crippen LogP contribution >= 0.6 is 15.9 Å². The Hall–Kier alpha value is -2.08. The van der Waals surface area contributed by atoms with Gasteiger partial charge in [-0.1, -0.05) is 15.9 Å². The number of carbonyl (C=O) groups is 2. The highest BCUT2D eigenvalue weighted by Crippen LogP contribution is 2.21. The lowest BCUT2D eigenvalue weighted by Crippen LogP contribution is -2.24. The number of benzene rings is 1. The van der Waals surface area contributed by atoms with Gasteiger partial charge in [-0.3, -0.25) is 4.79 Å². The van der Waals surface area contributed by atoms with Crippen molar-refractivity contribution in [2.24, 2.45) is 0 Å². The molecule has 0 aliphatic carbocycles. The summed E-state index contributed by atoms with van der Waals surface area (Å²) in [5, 5.41) is 13.4. The van der Waals surface area contributed by atoms with E-state index < -0.39 is 11.9 Å². The highest BCUT2D eigenvalue weighted by Gasteiger charge is 2.12. The van der Waals surface area contributed by atoms with Crippen LogP contribution in [0.4, 0.5) is 5.69 Å². The number of halogens is 1. The van der Waals surface area contributed by atoms with E-state index >= 15 is 0 Å². The molecule has 2 rings (SSSR count). The molecule has 0 radical (unpaired) electrons. The minimum atomic E-state index is -1.37. The van der Waals surface area contributed by atoms with Gasteiger partial charge in [0, 0.05) is 10.0 Å². The van der Waals surface area contributed by atoms with E-state index in [1.165, 1.54) is 24.5 Å². The van der Waals surface area contributed by atoms with Crippen molar-refractivity contribution in [1.82, 2.24) is 0 Å². The monoisotopic (exact) mass is 308 g/mol. The zero-order valence-corrected chi connectivity index (χ0v) is 10.6. The number of rotatable bonds is 3. The number of aromatic carboxylic acids is 1. The van der Waals surface area contributed by atoms with Gasteiger partial charge in [-0.2, -0.15) is 0 Å². The van der Waals surface area contributed by atoms with Crippen LogP contribution in [0.2, 0.25) is 0 Å². The first-order valence-corrected chi connectivity index (χ1v) is 5.73. The number of anilines is 1. The maximum Gasteiger partial charge on any atom is 0.291 e. The quantitative estimate of drug-likeness (QED) is 0.934. The van der Waals surface area contributed by atoms with Crippen molar-refractivity contribution in [2.75, 3.05) is 5.32 Å². The maximum atomic E-state index is 11.7. The molecule has 0 saturated carbocycles. The summed E-state index contributed by atoms with van der Waals surface area (Å²) in [4.78, 5) is 22.6. The molecule has 0 spiro atoms. The van der Waals surface area contributed by atoms with Crippen LogP contribution in [0.25, 0.3) is 0 Å². The average molecular weight is 309 g/mol. The number of nitrogens with one attached hydrogen (secondary N) is 1. The number of carboxylic acids is 1. The molecule has 1 N–H and O–H groups in total. The Balaban J connectivity index is 2.29. The van der Waals surface area contributed by atoms with E-state index in [-0.39, 0.29) is 17.0 Å². The lowest BCUT2D eigenvalue weighted by molar-refractivity contribution is -0.254. The van der Waals surface area contributed by atoms with Gasteiger partial charge >= 0.3 is 0 Å². The third-order valence-corrected chi connectivity index (χ3v) is 2.69. The van der Waals surface area contributed by atoms with Gasteiger partial charge < -0.3 is 19.6 Å². The SMILES string of the molecule is O=C(Nc1ccc(Br)cc1C(=O)[O-])c1ccco1. The lowest BCUT2D eigenvalue weighted by Gasteiger charge is -2.11. The molecule has 0 aliphatic heterocycles.